The molecule has 1 aliphatic heterocycles. The summed E-state index contributed by atoms with van der Waals surface area (Å²) in [5, 5.41) is 0. The van der Waals surface area contributed by atoms with Crippen LogP contribution in [0.3, 0.4) is 0 Å². The Balaban J connectivity index is 1.85. The number of hydrogen-bond acceptors (Lipinski definition) is 1. The molecule has 0 spiro atoms. The van der Waals surface area contributed by atoms with Gasteiger partial charge in [-0.3, -0.25) is 4.79 Å². The van der Waals surface area contributed by atoms with E-state index in [-0.39, 0.29) is 5.91 Å². The fraction of sp³-hybridized carbons (Fsp3) is 0.312. The Labute approximate surface area is 127 Å². The topological polar surface area (TPSA) is 25.2 Å². The number of hydrogen-bond donors (Lipinski definition) is 0. The van der Waals surface area contributed by atoms with E-state index in [1.807, 2.05) is 27.8 Å². The molecule has 0 unspecified atom stereocenters. The molecule has 3 rings (SSSR count). The van der Waals surface area contributed by atoms with Crippen LogP contribution in [0, 0.1) is 0 Å². The van der Waals surface area contributed by atoms with E-state index in [2.05, 4.69) is 41.1 Å². The molecule has 2 aromatic rings. The summed E-state index contributed by atoms with van der Waals surface area (Å²) < 4.78 is 2.95. The van der Waals surface area contributed by atoms with Crippen molar-refractivity contribution in [2.24, 2.45) is 0 Å². The quantitative estimate of drug-likeness (QED) is 0.826. The van der Waals surface area contributed by atoms with Crippen molar-refractivity contribution < 1.29 is 4.79 Å². The Hall–Kier alpha value is -1.55. The summed E-state index contributed by atoms with van der Waals surface area (Å²) in [5.74, 6) is 0.118. The largest absolute Gasteiger partial charge is 0.343 e. The van der Waals surface area contributed by atoms with E-state index in [1.165, 1.54) is 11.1 Å². The van der Waals surface area contributed by atoms with Crippen molar-refractivity contribution in [2.45, 2.75) is 26.4 Å². The average molecular weight is 333 g/mol. The van der Waals surface area contributed by atoms with Gasteiger partial charge in [-0.25, -0.2) is 0 Å². The zero-order valence-corrected chi connectivity index (χ0v) is 13.1. The molecule has 0 N–H and O–H groups in total. The molecule has 1 aromatic carbocycles. The minimum absolute atomic E-state index is 0.118. The molecule has 0 radical (unpaired) electrons. The van der Waals surface area contributed by atoms with Crippen LogP contribution in [-0.4, -0.2) is 21.9 Å². The van der Waals surface area contributed by atoms with Crippen LogP contribution in [0.2, 0.25) is 0 Å². The lowest BCUT2D eigenvalue weighted by atomic mass is 10.00. The maximum absolute atomic E-state index is 12.7. The first-order valence-corrected chi connectivity index (χ1v) is 7.70. The zero-order chi connectivity index (χ0) is 14.1. The molecular weight excluding hydrogens is 316 g/mol. The molecule has 1 amide bonds. The smallest absolute Gasteiger partial charge is 0.270 e. The van der Waals surface area contributed by atoms with Crippen LogP contribution in [0.25, 0.3) is 0 Å². The van der Waals surface area contributed by atoms with Crippen LogP contribution in [0.5, 0.6) is 0 Å². The fourth-order valence-electron chi connectivity index (χ4n) is 2.75. The first-order valence-electron chi connectivity index (χ1n) is 6.90. The predicted octanol–water partition coefficient (Wildman–Crippen LogP) is 3.47. The molecule has 0 aliphatic carbocycles. The third-order valence-electron chi connectivity index (χ3n) is 3.84. The molecule has 4 heteroatoms. The number of aryl methyl sites for hydroxylation is 1. The summed E-state index contributed by atoms with van der Waals surface area (Å²) in [6.45, 7) is 4.36. The second-order valence-electron chi connectivity index (χ2n) is 5.07. The van der Waals surface area contributed by atoms with Crippen molar-refractivity contribution >= 4 is 21.8 Å². The van der Waals surface area contributed by atoms with Gasteiger partial charge in [0.15, 0.2) is 0 Å². The zero-order valence-electron chi connectivity index (χ0n) is 11.5. The lowest BCUT2D eigenvalue weighted by Crippen LogP contribution is -2.36. The van der Waals surface area contributed by atoms with Gasteiger partial charge in [-0.15, -0.1) is 0 Å². The summed E-state index contributed by atoms with van der Waals surface area (Å²) in [7, 11) is 0. The van der Waals surface area contributed by atoms with Crippen molar-refractivity contribution in [3.8, 4) is 0 Å². The van der Waals surface area contributed by atoms with Crippen molar-refractivity contribution in [3.63, 3.8) is 0 Å². The minimum Gasteiger partial charge on any atom is -0.343 e. The van der Waals surface area contributed by atoms with Crippen molar-refractivity contribution in [3.05, 3.63) is 57.8 Å². The summed E-state index contributed by atoms with van der Waals surface area (Å²) in [4.78, 5) is 14.6. The second kappa shape index (κ2) is 5.44. The van der Waals surface area contributed by atoms with Crippen LogP contribution in [-0.2, 0) is 19.5 Å². The number of halogens is 1. The van der Waals surface area contributed by atoms with Crippen LogP contribution < -0.4 is 0 Å². The highest BCUT2D eigenvalue weighted by Gasteiger charge is 2.23. The Morgan fingerprint density at radius 3 is 2.80 bits per heavy atom. The second-order valence-corrected chi connectivity index (χ2v) is 5.99. The molecule has 104 valence electrons. The standard InChI is InChI=1S/C16H17BrN2O/c1-2-18-11-14(17)9-15(18)16(20)19-8-7-12-5-3-4-6-13(12)10-19/h3-6,9,11H,2,7-8,10H2,1H3. The molecule has 0 bridgehead atoms. The summed E-state index contributed by atoms with van der Waals surface area (Å²) in [6.07, 6.45) is 2.90. The highest BCUT2D eigenvalue weighted by atomic mass is 79.9. The van der Waals surface area contributed by atoms with Gasteiger partial charge in [0.25, 0.3) is 5.91 Å². The minimum atomic E-state index is 0.118. The number of rotatable bonds is 2. The van der Waals surface area contributed by atoms with Crippen molar-refractivity contribution in [1.82, 2.24) is 9.47 Å². The first-order chi connectivity index (χ1) is 9.69. The van der Waals surface area contributed by atoms with Crippen LogP contribution >= 0.6 is 15.9 Å². The monoisotopic (exact) mass is 332 g/mol. The van der Waals surface area contributed by atoms with Gasteiger partial charge in [0.05, 0.1) is 0 Å². The lowest BCUT2D eigenvalue weighted by Gasteiger charge is -2.29. The van der Waals surface area contributed by atoms with Gasteiger partial charge in [-0.1, -0.05) is 24.3 Å². The number of fused-ring (bicyclic) bond motifs is 1. The van der Waals surface area contributed by atoms with Gasteiger partial charge < -0.3 is 9.47 Å². The molecule has 2 heterocycles. The highest BCUT2D eigenvalue weighted by Crippen LogP contribution is 2.22. The maximum atomic E-state index is 12.7. The van der Waals surface area contributed by atoms with Gasteiger partial charge >= 0.3 is 0 Å². The Morgan fingerprint density at radius 2 is 2.05 bits per heavy atom. The van der Waals surface area contributed by atoms with E-state index in [1.54, 1.807) is 0 Å². The summed E-state index contributed by atoms with van der Waals surface area (Å²) in [6, 6.07) is 10.3. The highest BCUT2D eigenvalue weighted by molar-refractivity contribution is 9.10. The summed E-state index contributed by atoms with van der Waals surface area (Å²) in [5.41, 5.74) is 3.39. The number of nitrogens with zero attached hydrogens (tertiary/aromatic N) is 2. The van der Waals surface area contributed by atoms with Gasteiger partial charge in [0, 0.05) is 30.3 Å². The van der Waals surface area contributed by atoms with Crippen LogP contribution in [0.1, 0.15) is 28.5 Å². The normalized spacial score (nSPS) is 14.2. The van der Waals surface area contributed by atoms with Crippen LogP contribution in [0.15, 0.2) is 41.0 Å². The molecule has 0 fully saturated rings. The third kappa shape index (κ3) is 2.40. The average Bonchev–Trinajstić information content (AvgIpc) is 2.87. The number of carbonyl (C=O) groups is 1. The van der Waals surface area contributed by atoms with Crippen LogP contribution in [0.4, 0.5) is 0 Å². The van der Waals surface area contributed by atoms with Crippen molar-refractivity contribution in [1.29, 1.82) is 0 Å². The molecule has 1 aromatic heterocycles. The Kier molecular flexibility index (Phi) is 3.66. The number of aromatic nitrogens is 1. The number of benzene rings is 1. The lowest BCUT2D eigenvalue weighted by molar-refractivity contribution is 0.0724. The van der Waals surface area contributed by atoms with Gasteiger partial charge in [0.2, 0.25) is 0 Å². The van der Waals surface area contributed by atoms with Gasteiger partial charge in [-0.05, 0) is 46.5 Å². The molecule has 0 saturated heterocycles. The summed E-state index contributed by atoms with van der Waals surface area (Å²) >= 11 is 3.45. The van der Waals surface area contributed by atoms with E-state index in [0.717, 1.165) is 29.7 Å². The molecule has 3 nitrogen and oxygen atoms in total. The van der Waals surface area contributed by atoms with Crippen molar-refractivity contribution in [2.75, 3.05) is 6.54 Å². The first kappa shape index (κ1) is 13.4. The SMILES string of the molecule is CCn1cc(Br)cc1C(=O)N1CCc2ccccc2C1. The van der Waals surface area contributed by atoms with E-state index in [0.29, 0.717) is 6.54 Å². The van der Waals surface area contributed by atoms with Gasteiger partial charge in [0.1, 0.15) is 5.69 Å². The molecule has 0 saturated carbocycles. The van der Waals surface area contributed by atoms with E-state index in [9.17, 15) is 4.79 Å². The molecule has 1 aliphatic rings. The Bertz CT molecular complexity index is 648. The number of carbonyl (C=O) groups excluding carboxylic acids is 1. The Morgan fingerprint density at radius 1 is 1.30 bits per heavy atom. The van der Waals surface area contributed by atoms with E-state index < -0.39 is 0 Å². The van der Waals surface area contributed by atoms with Gasteiger partial charge in [-0.2, -0.15) is 0 Å². The predicted molar refractivity (Wildman–Crippen MR) is 82.7 cm³/mol. The third-order valence-corrected chi connectivity index (χ3v) is 4.27. The maximum Gasteiger partial charge on any atom is 0.270 e. The molecular formula is C16H17BrN2O. The molecule has 0 atom stereocenters. The number of amides is 1. The van der Waals surface area contributed by atoms with E-state index in [4.69, 9.17) is 0 Å². The molecule has 20 heavy (non-hydrogen) atoms. The van der Waals surface area contributed by atoms with E-state index >= 15 is 0 Å². The fourth-order valence-corrected chi connectivity index (χ4v) is 3.21.